The van der Waals surface area contributed by atoms with E-state index < -0.39 is 58.8 Å². The molecule has 192 valence electrons. The molecule has 17 heteroatoms. The lowest BCUT2D eigenvalue weighted by Crippen LogP contribution is -2.73. The molecule has 1 aromatic carbocycles. The SMILES string of the molecule is FC(F)(OC(F)(C(F)(F)C(F)(F)F)C(F)(F)C(F)(F)C(F)(F)F)C(I)CCc1ccccc1. The first-order valence-corrected chi connectivity index (χ1v) is 9.42. The Morgan fingerprint density at radius 3 is 1.45 bits per heavy atom. The Hall–Kier alpha value is -1.14. The molecule has 0 aliphatic heterocycles. The van der Waals surface area contributed by atoms with Crippen molar-refractivity contribution in [3.05, 3.63) is 35.9 Å². The van der Waals surface area contributed by atoms with Crippen molar-refractivity contribution in [2.45, 2.75) is 58.8 Å². The number of rotatable bonds is 9. The van der Waals surface area contributed by atoms with E-state index in [2.05, 4.69) is 4.74 Å². The van der Waals surface area contributed by atoms with E-state index >= 15 is 0 Å². The van der Waals surface area contributed by atoms with Crippen LogP contribution in [0.5, 0.6) is 0 Å². The lowest BCUT2D eigenvalue weighted by Gasteiger charge is -2.43. The lowest BCUT2D eigenvalue weighted by atomic mass is 9.95. The zero-order chi connectivity index (χ0) is 26.3. The number of halogens is 16. The van der Waals surface area contributed by atoms with E-state index in [0.29, 0.717) is 22.6 Å². The van der Waals surface area contributed by atoms with Gasteiger partial charge in [-0.25, -0.2) is 0 Å². The highest BCUT2D eigenvalue weighted by Crippen LogP contribution is 2.61. The Morgan fingerprint density at radius 1 is 0.636 bits per heavy atom. The van der Waals surface area contributed by atoms with Crippen molar-refractivity contribution in [1.29, 1.82) is 0 Å². The molecular formula is C16H10F15IO. The predicted octanol–water partition coefficient (Wildman–Crippen LogP) is 7.73. The molecule has 0 fully saturated rings. The van der Waals surface area contributed by atoms with Crippen molar-refractivity contribution in [2.75, 3.05) is 0 Å². The summed E-state index contributed by atoms with van der Waals surface area (Å²) in [5.74, 6) is -32.0. The van der Waals surface area contributed by atoms with E-state index in [4.69, 9.17) is 0 Å². The first-order chi connectivity index (χ1) is 14.5. The lowest BCUT2D eigenvalue weighted by molar-refractivity contribution is -0.506. The van der Waals surface area contributed by atoms with Crippen LogP contribution < -0.4 is 0 Å². The second kappa shape index (κ2) is 9.14. The van der Waals surface area contributed by atoms with Crippen LogP contribution in [0.15, 0.2) is 30.3 Å². The van der Waals surface area contributed by atoms with Gasteiger partial charge in [-0.2, -0.15) is 65.9 Å². The molecule has 0 heterocycles. The first kappa shape index (κ1) is 29.9. The molecule has 0 bridgehead atoms. The first-order valence-electron chi connectivity index (χ1n) is 8.17. The number of aryl methyl sites for hydroxylation is 1. The van der Waals surface area contributed by atoms with E-state index in [1.54, 1.807) is 0 Å². The fraction of sp³-hybridized carbons (Fsp3) is 0.625. The molecule has 1 nitrogen and oxygen atoms in total. The standard InChI is InChI=1S/C16H10F15IO/c17-10(18,9(32)7-6-8-4-2-1-3-5-8)33-14(25,13(23,24)16(29,30)31)11(19,20)12(21,22)15(26,27)28/h1-5,9H,6-7H2. The van der Waals surface area contributed by atoms with Crippen LogP contribution in [0.1, 0.15) is 12.0 Å². The van der Waals surface area contributed by atoms with Gasteiger partial charge < -0.3 is 0 Å². The Kier molecular flexibility index (Phi) is 8.28. The summed E-state index contributed by atoms with van der Waals surface area (Å²) in [5.41, 5.74) is 0.232. The number of ether oxygens (including phenoxy) is 1. The van der Waals surface area contributed by atoms with Crippen LogP contribution in [-0.4, -0.2) is 46.0 Å². The van der Waals surface area contributed by atoms with Crippen LogP contribution in [0.25, 0.3) is 0 Å². The normalized spacial score (nSPS) is 17.6. The third-order valence-corrected chi connectivity index (χ3v) is 5.43. The predicted molar refractivity (Wildman–Crippen MR) is 89.4 cm³/mol. The van der Waals surface area contributed by atoms with Gasteiger partial charge in [0.15, 0.2) is 0 Å². The highest BCUT2D eigenvalue weighted by atomic mass is 127. The fourth-order valence-corrected chi connectivity index (χ4v) is 2.68. The molecule has 0 aliphatic rings. The van der Waals surface area contributed by atoms with Crippen LogP contribution in [0.3, 0.4) is 0 Å². The van der Waals surface area contributed by atoms with Gasteiger partial charge >= 0.3 is 42.1 Å². The Labute approximate surface area is 188 Å². The van der Waals surface area contributed by atoms with Crippen LogP contribution >= 0.6 is 22.6 Å². The largest absolute Gasteiger partial charge is 0.460 e. The Balaban J connectivity index is 3.49. The van der Waals surface area contributed by atoms with Crippen LogP contribution in [0.4, 0.5) is 65.9 Å². The average molecular weight is 630 g/mol. The molecular weight excluding hydrogens is 620 g/mol. The Bertz CT molecular complexity index is 789. The molecule has 2 unspecified atom stereocenters. The molecule has 0 spiro atoms. The number of hydrogen-bond donors (Lipinski definition) is 0. The molecule has 0 aromatic heterocycles. The molecule has 0 aliphatic carbocycles. The fourth-order valence-electron chi connectivity index (χ4n) is 2.25. The van der Waals surface area contributed by atoms with Gasteiger partial charge in [-0.05, 0) is 18.4 Å². The summed E-state index contributed by atoms with van der Waals surface area (Å²) in [6.07, 6.45) is -22.5. The third-order valence-electron chi connectivity index (χ3n) is 4.08. The van der Waals surface area contributed by atoms with Gasteiger partial charge in [-0.1, -0.05) is 52.9 Å². The molecule has 0 N–H and O–H groups in total. The maximum atomic E-state index is 14.4. The van der Waals surface area contributed by atoms with Gasteiger partial charge in [0.25, 0.3) is 0 Å². The third kappa shape index (κ3) is 5.42. The average Bonchev–Trinajstić information content (AvgIpc) is 2.64. The second-order valence-electron chi connectivity index (χ2n) is 6.47. The molecule has 2 atom stereocenters. The van der Waals surface area contributed by atoms with Crippen molar-refractivity contribution >= 4 is 22.6 Å². The highest BCUT2D eigenvalue weighted by Gasteiger charge is 2.92. The van der Waals surface area contributed by atoms with Gasteiger partial charge in [-0.15, -0.1) is 0 Å². The van der Waals surface area contributed by atoms with E-state index in [1.165, 1.54) is 30.3 Å². The van der Waals surface area contributed by atoms with Crippen molar-refractivity contribution in [3.63, 3.8) is 0 Å². The van der Waals surface area contributed by atoms with E-state index in [1.807, 2.05) is 0 Å². The molecule has 0 radical (unpaired) electrons. The maximum absolute atomic E-state index is 14.4. The summed E-state index contributed by atoms with van der Waals surface area (Å²) >= 11 is 0.543. The molecule has 1 rings (SSSR count). The summed E-state index contributed by atoms with van der Waals surface area (Å²) in [5, 5.41) is 0. The van der Waals surface area contributed by atoms with Gasteiger partial charge in [0.1, 0.15) is 3.92 Å². The van der Waals surface area contributed by atoms with Crippen LogP contribution in [-0.2, 0) is 11.2 Å². The molecule has 0 amide bonds. The second-order valence-corrected chi connectivity index (χ2v) is 7.97. The van der Waals surface area contributed by atoms with Gasteiger partial charge in [0.05, 0.1) is 0 Å². The van der Waals surface area contributed by atoms with Crippen LogP contribution in [0.2, 0.25) is 0 Å². The maximum Gasteiger partial charge on any atom is 0.460 e. The van der Waals surface area contributed by atoms with Crippen LogP contribution in [0, 0.1) is 0 Å². The van der Waals surface area contributed by atoms with Gasteiger partial charge in [0.2, 0.25) is 0 Å². The highest BCUT2D eigenvalue weighted by molar-refractivity contribution is 14.1. The quantitative estimate of drug-likeness (QED) is 0.154. The van der Waals surface area contributed by atoms with Crippen molar-refractivity contribution in [3.8, 4) is 0 Å². The minimum atomic E-state index is -8.17. The molecule has 0 saturated heterocycles. The minimum absolute atomic E-state index is 0.232. The molecule has 0 saturated carbocycles. The minimum Gasteiger partial charge on any atom is -0.271 e. The van der Waals surface area contributed by atoms with Crippen molar-refractivity contribution in [1.82, 2.24) is 0 Å². The Morgan fingerprint density at radius 2 is 1.06 bits per heavy atom. The zero-order valence-corrected chi connectivity index (χ0v) is 17.5. The molecule has 33 heavy (non-hydrogen) atoms. The van der Waals surface area contributed by atoms with Gasteiger partial charge in [-0.3, -0.25) is 4.74 Å². The summed E-state index contributed by atoms with van der Waals surface area (Å²) in [7, 11) is 0. The topological polar surface area (TPSA) is 9.23 Å². The number of hydrogen-bond acceptors (Lipinski definition) is 1. The van der Waals surface area contributed by atoms with Crippen molar-refractivity contribution < 1.29 is 70.6 Å². The summed E-state index contributed by atoms with van der Waals surface area (Å²) < 4.78 is 197. The van der Waals surface area contributed by atoms with E-state index in [0.717, 1.165) is 0 Å². The summed E-state index contributed by atoms with van der Waals surface area (Å²) in [6.45, 7) is 0. The van der Waals surface area contributed by atoms with E-state index in [9.17, 15) is 65.9 Å². The van der Waals surface area contributed by atoms with Gasteiger partial charge in [0, 0.05) is 0 Å². The summed E-state index contributed by atoms with van der Waals surface area (Å²) in [4.78, 5) is 0. The summed E-state index contributed by atoms with van der Waals surface area (Å²) in [6, 6.07) is 6.82. The smallest absolute Gasteiger partial charge is 0.271 e. The van der Waals surface area contributed by atoms with Crippen molar-refractivity contribution in [2.24, 2.45) is 0 Å². The number of benzene rings is 1. The zero-order valence-electron chi connectivity index (χ0n) is 15.3. The number of alkyl halides is 16. The molecule has 1 aromatic rings. The monoisotopic (exact) mass is 630 g/mol. The van der Waals surface area contributed by atoms with E-state index in [-0.39, 0.29) is 5.56 Å².